The fourth-order valence-electron chi connectivity index (χ4n) is 5.21. The molecule has 0 spiro atoms. The van der Waals surface area contributed by atoms with Gasteiger partial charge in [0.2, 0.25) is 11.8 Å². The summed E-state index contributed by atoms with van der Waals surface area (Å²) in [5.41, 5.74) is 4.18. The molecule has 2 atom stereocenters. The number of hydrogen-bond donors (Lipinski definition) is 0. The topological polar surface area (TPSA) is 70.2 Å². The molecule has 1 heterocycles. The molecule has 0 N–H and O–H groups in total. The maximum atomic E-state index is 13.4. The van der Waals surface area contributed by atoms with E-state index in [2.05, 4.69) is 38.1 Å². The molecule has 39 heavy (non-hydrogen) atoms. The monoisotopic (exact) mass is 535 g/mol. The average molecular weight is 536 g/mol. The number of carbonyl (C=O) groups is 3. The summed E-state index contributed by atoms with van der Waals surface area (Å²) in [6.45, 7) is 7.90. The summed E-state index contributed by atoms with van der Waals surface area (Å²) >= 11 is 0. The minimum absolute atomic E-state index is 0.00321. The van der Waals surface area contributed by atoms with Crippen molar-refractivity contribution in [2.24, 2.45) is 0 Å². The zero-order valence-electron chi connectivity index (χ0n) is 24.3. The lowest BCUT2D eigenvalue weighted by molar-refractivity contribution is -0.159. The molecule has 0 aliphatic carbocycles. The zero-order valence-corrected chi connectivity index (χ0v) is 24.3. The summed E-state index contributed by atoms with van der Waals surface area (Å²) in [4.78, 5) is 43.7. The van der Waals surface area contributed by atoms with Gasteiger partial charge >= 0.3 is 6.09 Å². The Balaban J connectivity index is 1.70. The number of amides is 3. The van der Waals surface area contributed by atoms with Crippen LogP contribution < -0.4 is 0 Å². The van der Waals surface area contributed by atoms with Crippen molar-refractivity contribution in [1.29, 1.82) is 0 Å². The van der Waals surface area contributed by atoms with Crippen molar-refractivity contribution < 1.29 is 19.1 Å². The third kappa shape index (κ3) is 7.84. The lowest BCUT2D eigenvalue weighted by Crippen LogP contribution is -2.63. The predicted octanol–water partition coefficient (Wildman–Crippen LogP) is 5.90. The molecule has 0 aromatic heterocycles. The molecule has 7 heteroatoms. The molecule has 0 bridgehead atoms. The van der Waals surface area contributed by atoms with E-state index in [0.717, 1.165) is 60.8 Å². The SMILES string of the molecule is CCCCCCN1C(=O)[C@H](Cc2ccc(-c3cccc(CN(CCCC)C(=O)OC)c3)cc2)N(C)C(=O)[C@@H]1C. The van der Waals surface area contributed by atoms with Crippen LogP contribution in [0, 0.1) is 0 Å². The number of likely N-dealkylation sites (N-methyl/N-ethyl adjacent to an activating group) is 1. The van der Waals surface area contributed by atoms with Gasteiger partial charge in [0.05, 0.1) is 7.11 Å². The summed E-state index contributed by atoms with van der Waals surface area (Å²) in [6.07, 6.45) is 6.40. The van der Waals surface area contributed by atoms with Gasteiger partial charge in [-0.05, 0) is 48.1 Å². The van der Waals surface area contributed by atoms with E-state index < -0.39 is 12.1 Å². The standard InChI is InChI=1S/C32H45N3O4/c1-6-8-10-11-20-35-24(3)30(36)33(4)29(31(35)37)22-25-15-17-27(18-16-25)28-14-12-13-26(21-28)23-34(19-9-7-2)32(38)39-5/h12-18,21,24,29H,6-11,19-20,22-23H2,1-5H3/t24-,29-/m0/s1. The molecule has 0 unspecified atom stereocenters. The minimum Gasteiger partial charge on any atom is -0.453 e. The van der Waals surface area contributed by atoms with E-state index in [1.165, 1.54) is 7.11 Å². The van der Waals surface area contributed by atoms with Gasteiger partial charge in [0.15, 0.2) is 0 Å². The third-order valence-corrected chi connectivity index (χ3v) is 7.69. The molecule has 1 aliphatic heterocycles. The molecule has 0 radical (unpaired) electrons. The molecule has 212 valence electrons. The van der Waals surface area contributed by atoms with Gasteiger partial charge in [-0.1, -0.05) is 82.0 Å². The maximum absolute atomic E-state index is 13.4. The van der Waals surface area contributed by atoms with Gasteiger partial charge in [-0.25, -0.2) is 4.79 Å². The second-order valence-corrected chi connectivity index (χ2v) is 10.6. The van der Waals surface area contributed by atoms with Gasteiger partial charge in [0.25, 0.3) is 0 Å². The lowest BCUT2D eigenvalue weighted by Gasteiger charge is -2.42. The van der Waals surface area contributed by atoms with Crippen LogP contribution in [0.15, 0.2) is 48.5 Å². The first kappa shape index (κ1) is 30.2. The van der Waals surface area contributed by atoms with E-state index in [9.17, 15) is 14.4 Å². The van der Waals surface area contributed by atoms with Gasteiger partial charge in [-0.2, -0.15) is 0 Å². The van der Waals surface area contributed by atoms with Crippen molar-refractivity contribution in [3.8, 4) is 11.1 Å². The van der Waals surface area contributed by atoms with Crippen molar-refractivity contribution >= 4 is 17.9 Å². The van der Waals surface area contributed by atoms with Crippen LogP contribution in [-0.2, 0) is 27.3 Å². The third-order valence-electron chi connectivity index (χ3n) is 7.69. The highest BCUT2D eigenvalue weighted by atomic mass is 16.5. The molecule has 0 saturated carbocycles. The molecule has 1 saturated heterocycles. The number of ether oxygens (including phenoxy) is 1. The van der Waals surface area contributed by atoms with E-state index in [1.807, 2.05) is 31.2 Å². The van der Waals surface area contributed by atoms with E-state index in [0.29, 0.717) is 26.1 Å². The zero-order chi connectivity index (χ0) is 28.4. The highest BCUT2D eigenvalue weighted by molar-refractivity contribution is 5.96. The Hall–Kier alpha value is -3.35. The summed E-state index contributed by atoms with van der Waals surface area (Å²) in [5, 5.41) is 0. The number of nitrogens with zero attached hydrogens (tertiary/aromatic N) is 3. The highest BCUT2D eigenvalue weighted by Crippen LogP contribution is 2.25. The Morgan fingerprint density at radius 3 is 2.28 bits per heavy atom. The number of unbranched alkanes of at least 4 members (excludes halogenated alkanes) is 4. The summed E-state index contributed by atoms with van der Waals surface area (Å²) in [7, 11) is 3.16. The second-order valence-electron chi connectivity index (χ2n) is 10.6. The summed E-state index contributed by atoms with van der Waals surface area (Å²) in [5.74, 6) is 0.0413. The van der Waals surface area contributed by atoms with Crippen molar-refractivity contribution in [1.82, 2.24) is 14.7 Å². The summed E-state index contributed by atoms with van der Waals surface area (Å²) < 4.78 is 4.97. The van der Waals surface area contributed by atoms with Crippen LogP contribution in [0.4, 0.5) is 4.79 Å². The number of carbonyl (C=O) groups excluding carboxylic acids is 3. The van der Waals surface area contributed by atoms with Crippen molar-refractivity contribution in [2.75, 3.05) is 27.2 Å². The van der Waals surface area contributed by atoms with Crippen LogP contribution in [0.5, 0.6) is 0 Å². The maximum Gasteiger partial charge on any atom is 0.409 e. The second kappa shape index (κ2) is 14.7. The lowest BCUT2D eigenvalue weighted by atomic mass is 9.96. The van der Waals surface area contributed by atoms with Crippen LogP contribution in [-0.4, -0.2) is 71.9 Å². The van der Waals surface area contributed by atoms with Crippen LogP contribution in [0.2, 0.25) is 0 Å². The molecule has 2 aromatic carbocycles. The van der Waals surface area contributed by atoms with Gasteiger partial charge < -0.3 is 19.4 Å². The normalized spacial score (nSPS) is 17.5. The number of benzene rings is 2. The van der Waals surface area contributed by atoms with E-state index >= 15 is 0 Å². The smallest absolute Gasteiger partial charge is 0.409 e. The Morgan fingerprint density at radius 2 is 1.62 bits per heavy atom. The Morgan fingerprint density at radius 1 is 0.897 bits per heavy atom. The summed E-state index contributed by atoms with van der Waals surface area (Å²) in [6, 6.07) is 15.5. The predicted molar refractivity (Wildman–Crippen MR) is 155 cm³/mol. The van der Waals surface area contributed by atoms with Crippen molar-refractivity contribution in [3.63, 3.8) is 0 Å². The van der Waals surface area contributed by atoms with E-state index in [4.69, 9.17) is 4.74 Å². The molecule has 3 rings (SSSR count). The number of rotatable bonds is 13. The largest absolute Gasteiger partial charge is 0.453 e. The first-order chi connectivity index (χ1) is 18.8. The fourth-order valence-corrected chi connectivity index (χ4v) is 5.21. The van der Waals surface area contributed by atoms with Crippen LogP contribution >= 0.6 is 0 Å². The van der Waals surface area contributed by atoms with E-state index in [1.54, 1.807) is 21.7 Å². The minimum atomic E-state index is -0.485. The van der Waals surface area contributed by atoms with Gasteiger partial charge in [-0.3, -0.25) is 9.59 Å². The van der Waals surface area contributed by atoms with Crippen molar-refractivity contribution in [2.45, 2.75) is 84.3 Å². The van der Waals surface area contributed by atoms with Crippen LogP contribution in [0.1, 0.15) is 70.4 Å². The number of hydrogen-bond acceptors (Lipinski definition) is 4. The molecule has 1 fully saturated rings. The van der Waals surface area contributed by atoms with E-state index in [-0.39, 0.29) is 17.9 Å². The van der Waals surface area contributed by atoms with Crippen LogP contribution in [0.3, 0.4) is 0 Å². The molecule has 3 amide bonds. The Bertz CT molecular complexity index is 1100. The number of methoxy groups -OCH3 is 1. The highest BCUT2D eigenvalue weighted by Gasteiger charge is 2.41. The first-order valence-electron chi connectivity index (χ1n) is 14.4. The van der Waals surface area contributed by atoms with Gasteiger partial charge in [0.1, 0.15) is 12.1 Å². The van der Waals surface area contributed by atoms with Crippen LogP contribution in [0.25, 0.3) is 11.1 Å². The molecular weight excluding hydrogens is 490 g/mol. The quantitative estimate of drug-likeness (QED) is 0.299. The first-order valence-corrected chi connectivity index (χ1v) is 14.4. The Kier molecular flexibility index (Phi) is 11.4. The Labute approximate surface area is 234 Å². The molecule has 2 aromatic rings. The molecule has 1 aliphatic rings. The van der Waals surface area contributed by atoms with Crippen molar-refractivity contribution in [3.05, 3.63) is 59.7 Å². The fraction of sp³-hybridized carbons (Fsp3) is 0.531. The van der Waals surface area contributed by atoms with Gasteiger partial charge in [-0.15, -0.1) is 0 Å². The number of piperazine rings is 1. The molecular formula is C32H45N3O4. The molecule has 7 nitrogen and oxygen atoms in total. The van der Waals surface area contributed by atoms with Gasteiger partial charge in [0, 0.05) is 33.1 Å². The average Bonchev–Trinajstić information content (AvgIpc) is 2.96.